The molecule has 0 saturated carbocycles. The Bertz CT molecular complexity index is 867. The Morgan fingerprint density at radius 2 is 2.12 bits per heavy atom. The zero-order valence-corrected chi connectivity index (χ0v) is 14.6. The van der Waals surface area contributed by atoms with Gasteiger partial charge in [-0.05, 0) is 54.4 Å². The molecule has 0 bridgehead atoms. The van der Waals surface area contributed by atoms with Crippen LogP contribution in [0.4, 0.5) is 10.1 Å². The average Bonchev–Trinajstić information content (AvgIpc) is 2.62. The van der Waals surface area contributed by atoms with Crippen molar-refractivity contribution in [3.05, 3.63) is 47.3 Å². The van der Waals surface area contributed by atoms with E-state index >= 15 is 0 Å². The van der Waals surface area contributed by atoms with Crippen LogP contribution >= 0.6 is 0 Å². The van der Waals surface area contributed by atoms with Crippen molar-refractivity contribution < 1.29 is 19.1 Å². The monoisotopic (exact) mass is 357 g/mol. The molecular weight excluding hydrogens is 337 g/mol. The molecule has 136 valence electrons. The average molecular weight is 357 g/mol. The van der Waals surface area contributed by atoms with Gasteiger partial charge in [0.15, 0.2) is 0 Å². The van der Waals surface area contributed by atoms with Crippen LogP contribution < -0.4 is 10.1 Å². The second kappa shape index (κ2) is 7.53. The molecule has 1 aliphatic heterocycles. The Labute approximate surface area is 150 Å². The van der Waals surface area contributed by atoms with Crippen molar-refractivity contribution in [3.8, 4) is 16.9 Å². The molecule has 26 heavy (non-hydrogen) atoms. The van der Waals surface area contributed by atoms with E-state index < -0.39 is 5.91 Å². The number of anilines is 1. The van der Waals surface area contributed by atoms with Gasteiger partial charge in [-0.3, -0.25) is 4.79 Å². The van der Waals surface area contributed by atoms with Gasteiger partial charge in [0.2, 0.25) is 0 Å². The van der Waals surface area contributed by atoms with E-state index in [9.17, 15) is 9.18 Å². The summed E-state index contributed by atoms with van der Waals surface area (Å²) in [6.45, 7) is 1.50. The second-order valence-corrected chi connectivity index (χ2v) is 6.18. The quantitative estimate of drug-likeness (QED) is 0.501. The molecule has 0 unspecified atom stereocenters. The Kier molecular flexibility index (Phi) is 5.18. The van der Waals surface area contributed by atoms with Crippen molar-refractivity contribution >= 4 is 17.8 Å². The van der Waals surface area contributed by atoms with E-state index in [1.54, 1.807) is 19.2 Å². The Morgan fingerprint density at radius 1 is 1.31 bits per heavy atom. The van der Waals surface area contributed by atoms with Gasteiger partial charge in [-0.25, -0.2) is 4.39 Å². The number of benzene rings is 2. The van der Waals surface area contributed by atoms with E-state index in [4.69, 9.17) is 9.94 Å². The first kappa shape index (κ1) is 17.9. The third kappa shape index (κ3) is 3.52. The number of hydrogen-bond acceptors (Lipinski definition) is 5. The molecule has 0 saturated heterocycles. The molecule has 0 radical (unpaired) electrons. The first-order valence-electron chi connectivity index (χ1n) is 8.19. The maximum atomic E-state index is 13.8. The molecule has 0 spiro atoms. The lowest BCUT2D eigenvalue weighted by molar-refractivity contribution is -0.110. The van der Waals surface area contributed by atoms with Gasteiger partial charge in [-0.15, -0.1) is 0 Å². The lowest BCUT2D eigenvalue weighted by Gasteiger charge is -2.29. The van der Waals surface area contributed by atoms with Crippen LogP contribution in [0, 0.1) is 5.82 Å². The summed E-state index contributed by atoms with van der Waals surface area (Å²) < 4.78 is 19.2. The van der Waals surface area contributed by atoms with E-state index in [1.165, 1.54) is 12.1 Å². The number of rotatable bonds is 4. The summed E-state index contributed by atoms with van der Waals surface area (Å²) in [5, 5.41) is 14.0. The normalized spacial score (nSPS) is 14.3. The molecule has 0 aromatic heterocycles. The molecule has 2 aromatic rings. The fourth-order valence-electron chi connectivity index (χ4n) is 3.29. The molecule has 1 amide bonds. The predicted octanol–water partition coefficient (Wildman–Crippen LogP) is 2.89. The summed E-state index contributed by atoms with van der Waals surface area (Å²) in [6, 6.07) is 8.07. The van der Waals surface area contributed by atoms with Gasteiger partial charge >= 0.3 is 0 Å². The molecule has 2 aromatic carbocycles. The standard InChI is InChI=1S/C19H20FN3O3/c1-23-8-7-14-13(15-9-12(20)3-6-18(15)26-2)4-5-17(16(14)11-23)22-19(24)10-21-25/h3-6,9-10,25H,7-8,11H2,1-2H3,(H,22,24)/b21-10+. The lowest BCUT2D eigenvalue weighted by atomic mass is 9.89. The van der Waals surface area contributed by atoms with Gasteiger partial charge < -0.3 is 20.2 Å². The summed E-state index contributed by atoms with van der Waals surface area (Å²) in [5.74, 6) is -0.255. The Hall–Kier alpha value is -2.93. The molecule has 6 nitrogen and oxygen atoms in total. The predicted molar refractivity (Wildman–Crippen MR) is 97.3 cm³/mol. The molecule has 3 rings (SSSR count). The van der Waals surface area contributed by atoms with Crippen molar-refractivity contribution in [2.45, 2.75) is 13.0 Å². The van der Waals surface area contributed by atoms with Gasteiger partial charge in [0.05, 0.1) is 7.11 Å². The van der Waals surface area contributed by atoms with E-state index in [-0.39, 0.29) is 5.82 Å². The number of ether oxygens (including phenoxy) is 1. The highest BCUT2D eigenvalue weighted by Gasteiger charge is 2.22. The number of nitrogens with one attached hydrogen (secondary N) is 1. The highest BCUT2D eigenvalue weighted by atomic mass is 19.1. The smallest absolute Gasteiger partial charge is 0.270 e. The van der Waals surface area contributed by atoms with Gasteiger partial charge in [0, 0.05) is 24.3 Å². The van der Waals surface area contributed by atoms with Crippen LogP contribution in [0.1, 0.15) is 11.1 Å². The van der Waals surface area contributed by atoms with Crippen molar-refractivity contribution in [2.75, 3.05) is 26.0 Å². The Balaban J connectivity index is 2.13. The fraction of sp³-hybridized carbons (Fsp3) is 0.263. The number of hydrogen-bond donors (Lipinski definition) is 2. The van der Waals surface area contributed by atoms with E-state index in [2.05, 4.69) is 15.4 Å². The first-order valence-corrected chi connectivity index (χ1v) is 8.19. The third-order valence-corrected chi connectivity index (χ3v) is 4.49. The number of carbonyl (C=O) groups excluding carboxylic acids is 1. The zero-order chi connectivity index (χ0) is 18.7. The third-order valence-electron chi connectivity index (χ3n) is 4.49. The molecule has 1 heterocycles. The van der Waals surface area contributed by atoms with Crippen LogP contribution in [-0.4, -0.2) is 42.9 Å². The van der Waals surface area contributed by atoms with Crippen molar-refractivity contribution in [1.82, 2.24) is 4.90 Å². The summed E-state index contributed by atoms with van der Waals surface area (Å²) in [4.78, 5) is 13.9. The minimum Gasteiger partial charge on any atom is -0.496 e. The van der Waals surface area contributed by atoms with Gasteiger partial charge in [0.1, 0.15) is 17.8 Å². The Morgan fingerprint density at radius 3 is 2.85 bits per heavy atom. The topological polar surface area (TPSA) is 74.2 Å². The highest BCUT2D eigenvalue weighted by molar-refractivity contribution is 6.31. The molecule has 7 heteroatoms. The number of amides is 1. The largest absolute Gasteiger partial charge is 0.496 e. The SMILES string of the molecule is COc1ccc(F)cc1-c1ccc(NC(=O)/C=N/O)c2c1CCN(C)C2. The van der Waals surface area contributed by atoms with Gasteiger partial charge in [-0.1, -0.05) is 11.2 Å². The number of nitrogens with zero attached hydrogens (tertiary/aromatic N) is 2. The number of oxime groups is 1. The maximum absolute atomic E-state index is 13.8. The summed E-state index contributed by atoms with van der Waals surface area (Å²) in [7, 11) is 3.55. The number of fused-ring (bicyclic) bond motifs is 1. The van der Waals surface area contributed by atoms with Crippen LogP contribution in [0.15, 0.2) is 35.5 Å². The minimum atomic E-state index is -0.515. The number of carbonyl (C=O) groups is 1. The molecule has 0 fully saturated rings. The highest BCUT2D eigenvalue weighted by Crippen LogP contribution is 2.38. The van der Waals surface area contributed by atoms with Crippen LogP contribution in [0.25, 0.3) is 11.1 Å². The first-order chi connectivity index (χ1) is 12.5. The van der Waals surface area contributed by atoms with E-state index in [0.717, 1.165) is 35.9 Å². The number of halogens is 1. The molecular formula is C19H20FN3O3. The summed E-state index contributed by atoms with van der Waals surface area (Å²) in [5.41, 5.74) is 4.23. The molecule has 2 N–H and O–H groups in total. The van der Waals surface area contributed by atoms with E-state index in [0.29, 0.717) is 23.5 Å². The van der Waals surface area contributed by atoms with E-state index in [1.807, 2.05) is 13.1 Å². The van der Waals surface area contributed by atoms with Crippen molar-refractivity contribution in [2.24, 2.45) is 5.16 Å². The van der Waals surface area contributed by atoms with Crippen molar-refractivity contribution in [3.63, 3.8) is 0 Å². The second-order valence-electron chi connectivity index (χ2n) is 6.18. The van der Waals surface area contributed by atoms with Crippen LogP contribution in [0.5, 0.6) is 5.75 Å². The van der Waals surface area contributed by atoms with Crippen LogP contribution in [0.3, 0.4) is 0 Å². The van der Waals surface area contributed by atoms with Gasteiger partial charge in [0.25, 0.3) is 5.91 Å². The maximum Gasteiger partial charge on any atom is 0.270 e. The minimum absolute atomic E-state index is 0.334. The zero-order valence-electron chi connectivity index (χ0n) is 14.6. The summed E-state index contributed by atoms with van der Waals surface area (Å²) >= 11 is 0. The summed E-state index contributed by atoms with van der Waals surface area (Å²) in [6.07, 6.45) is 1.57. The fourth-order valence-corrected chi connectivity index (χ4v) is 3.29. The molecule has 1 aliphatic rings. The number of likely N-dealkylation sites (N-methyl/N-ethyl adjacent to an activating group) is 1. The van der Waals surface area contributed by atoms with Crippen LogP contribution in [0.2, 0.25) is 0 Å². The lowest BCUT2D eigenvalue weighted by Crippen LogP contribution is -2.28. The van der Waals surface area contributed by atoms with Crippen LogP contribution in [-0.2, 0) is 17.8 Å². The molecule has 0 aliphatic carbocycles. The van der Waals surface area contributed by atoms with Crippen molar-refractivity contribution in [1.29, 1.82) is 0 Å². The van der Waals surface area contributed by atoms with Gasteiger partial charge in [-0.2, -0.15) is 0 Å². The molecule has 0 atom stereocenters. The number of methoxy groups -OCH3 is 1.